The van der Waals surface area contributed by atoms with Gasteiger partial charge in [-0.3, -0.25) is 9.78 Å². The van der Waals surface area contributed by atoms with E-state index >= 15 is 0 Å². The van der Waals surface area contributed by atoms with Gasteiger partial charge in [-0.25, -0.2) is 0 Å². The zero-order valence-corrected chi connectivity index (χ0v) is 12.0. The number of hydrogen-bond donors (Lipinski definition) is 2. The first kappa shape index (κ1) is 14.1. The Morgan fingerprint density at radius 2 is 1.95 bits per heavy atom. The van der Waals surface area contributed by atoms with Crippen molar-refractivity contribution in [2.24, 2.45) is 0 Å². The van der Waals surface area contributed by atoms with Crippen LogP contribution in [0.3, 0.4) is 0 Å². The maximum Gasteiger partial charge on any atom is 0.255 e. The van der Waals surface area contributed by atoms with E-state index in [1.165, 1.54) is 0 Å². The Morgan fingerprint density at radius 3 is 2.77 bits per heavy atom. The molecule has 0 spiro atoms. The maximum absolute atomic E-state index is 12.2. The molecular weight excluding hydrogens is 276 g/mol. The molecular formula is C18H16N2O2. The molecule has 0 aliphatic carbocycles. The standard InChI is InChI=1S/C18H16N2O2/c21-17-15-6-2-1-5-14(15)7-8-16(17)18(22)20-11-9-13-4-3-10-19-12-13/h1-8,10,12,21H,9,11H2,(H,20,22). The van der Waals surface area contributed by atoms with Crippen molar-refractivity contribution < 1.29 is 9.90 Å². The molecule has 0 fully saturated rings. The number of nitrogens with one attached hydrogen (secondary N) is 1. The van der Waals surface area contributed by atoms with Crippen LogP contribution in [0.25, 0.3) is 10.8 Å². The highest BCUT2D eigenvalue weighted by Crippen LogP contribution is 2.28. The van der Waals surface area contributed by atoms with Gasteiger partial charge in [-0.15, -0.1) is 0 Å². The first-order valence-electron chi connectivity index (χ1n) is 7.13. The number of aromatic hydroxyl groups is 1. The van der Waals surface area contributed by atoms with Crippen molar-refractivity contribution in [3.63, 3.8) is 0 Å². The lowest BCUT2D eigenvalue weighted by atomic mass is 10.0. The highest BCUT2D eigenvalue weighted by molar-refractivity contribution is 6.03. The van der Waals surface area contributed by atoms with Crippen LogP contribution in [0, 0.1) is 0 Å². The summed E-state index contributed by atoms with van der Waals surface area (Å²) in [6.07, 6.45) is 4.20. The number of hydrogen-bond acceptors (Lipinski definition) is 3. The number of benzene rings is 2. The first-order chi connectivity index (χ1) is 10.8. The largest absolute Gasteiger partial charge is 0.506 e. The van der Waals surface area contributed by atoms with Crippen LogP contribution in [0.15, 0.2) is 60.9 Å². The van der Waals surface area contributed by atoms with Crippen LogP contribution in [0.1, 0.15) is 15.9 Å². The van der Waals surface area contributed by atoms with Gasteiger partial charge in [-0.1, -0.05) is 36.4 Å². The summed E-state index contributed by atoms with van der Waals surface area (Å²) < 4.78 is 0. The molecule has 2 aromatic carbocycles. The molecule has 4 heteroatoms. The van der Waals surface area contributed by atoms with Crippen molar-refractivity contribution in [2.75, 3.05) is 6.54 Å². The van der Waals surface area contributed by atoms with Crippen LogP contribution in [0.5, 0.6) is 5.75 Å². The summed E-state index contributed by atoms with van der Waals surface area (Å²) in [5.74, 6) is -0.246. The molecule has 0 saturated carbocycles. The average molecular weight is 292 g/mol. The fraction of sp³-hybridized carbons (Fsp3) is 0.111. The van der Waals surface area contributed by atoms with Gasteiger partial charge in [0.05, 0.1) is 5.56 Å². The number of nitrogens with zero attached hydrogens (tertiary/aromatic N) is 1. The summed E-state index contributed by atoms with van der Waals surface area (Å²) in [7, 11) is 0. The Balaban J connectivity index is 1.71. The van der Waals surface area contributed by atoms with Gasteiger partial charge in [0.15, 0.2) is 0 Å². The Morgan fingerprint density at radius 1 is 1.09 bits per heavy atom. The number of carbonyl (C=O) groups is 1. The SMILES string of the molecule is O=C(NCCc1cccnc1)c1ccc2ccccc2c1O. The lowest BCUT2D eigenvalue weighted by molar-refractivity contribution is 0.0951. The van der Waals surface area contributed by atoms with E-state index < -0.39 is 0 Å². The lowest BCUT2D eigenvalue weighted by Gasteiger charge is -2.09. The first-order valence-corrected chi connectivity index (χ1v) is 7.13. The Hall–Kier alpha value is -2.88. The summed E-state index contributed by atoms with van der Waals surface area (Å²) in [5, 5.41) is 14.7. The van der Waals surface area contributed by atoms with Gasteiger partial charge in [-0.2, -0.15) is 0 Å². The summed E-state index contributed by atoms with van der Waals surface area (Å²) in [6.45, 7) is 0.497. The van der Waals surface area contributed by atoms with E-state index in [1.54, 1.807) is 24.5 Å². The van der Waals surface area contributed by atoms with Crippen LogP contribution in [0.4, 0.5) is 0 Å². The van der Waals surface area contributed by atoms with Crippen LogP contribution < -0.4 is 5.32 Å². The molecule has 3 aromatic rings. The molecule has 1 amide bonds. The van der Waals surface area contributed by atoms with Crippen molar-refractivity contribution >= 4 is 16.7 Å². The highest BCUT2D eigenvalue weighted by Gasteiger charge is 2.13. The summed E-state index contributed by atoms with van der Waals surface area (Å²) in [6, 6.07) is 14.8. The van der Waals surface area contributed by atoms with Crippen molar-refractivity contribution in [1.29, 1.82) is 0 Å². The lowest BCUT2D eigenvalue weighted by Crippen LogP contribution is -2.25. The minimum atomic E-state index is -0.271. The summed E-state index contributed by atoms with van der Waals surface area (Å²) >= 11 is 0. The third-order valence-electron chi connectivity index (χ3n) is 3.57. The van der Waals surface area contributed by atoms with Crippen LogP contribution in [-0.2, 0) is 6.42 Å². The number of phenolic OH excluding ortho intramolecular Hbond substituents is 1. The molecule has 0 aliphatic heterocycles. The number of rotatable bonds is 4. The Labute approximate surface area is 128 Å². The molecule has 22 heavy (non-hydrogen) atoms. The molecule has 0 atom stereocenters. The molecule has 110 valence electrons. The average Bonchev–Trinajstić information content (AvgIpc) is 2.56. The zero-order valence-electron chi connectivity index (χ0n) is 12.0. The van der Waals surface area contributed by atoms with Gasteiger partial charge in [0.1, 0.15) is 5.75 Å². The normalized spacial score (nSPS) is 10.5. The molecule has 0 unspecified atom stereocenters. The summed E-state index contributed by atoms with van der Waals surface area (Å²) in [4.78, 5) is 16.2. The molecule has 0 radical (unpaired) electrons. The third kappa shape index (κ3) is 2.91. The number of phenols is 1. The molecule has 1 aromatic heterocycles. The topological polar surface area (TPSA) is 62.2 Å². The number of aromatic nitrogens is 1. The molecule has 3 rings (SSSR count). The zero-order chi connectivity index (χ0) is 15.4. The number of fused-ring (bicyclic) bond motifs is 1. The Bertz CT molecular complexity index is 801. The van der Waals surface area contributed by atoms with E-state index in [0.717, 1.165) is 10.9 Å². The van der Waals surface area contributed by atoms with Crippen molar-refractivity contribution in [3.05, 3.63) is 72.1 Å². The van der Waals surface area contributed by atoms with E-state index in [-0.39, 0.29) is 11.7 Å². The predicted octanol–water partition coefficient (Wildman–Crippen LogP) is 2.91. The monoisotopic (exact) mass is 292 g/mol. The van der Waals surface area contributed by atoms with Gasteiger partial charge in [0.25, 0.3) is 5.91 Å². The van der Waals surface area contributed by atoms with Crippen LogP contribution >= 0.6 is 0 Å². The van der Waals surface area contributed by atoms with Gasteiger partial charge < -0.3 is 10.4 Å². The minimum absolute atomic E-state index is 0.0250. The molecule has 0 aliphatic rings. The molecule has 4 nitrogen and oxygen atoms in total. The number of pyridine rings is 1. The molecule has 2 N–H and O–H groups in total. The predicted molar refractivity (Wildman–Crippen MR) is 85.9 cm³/mol. The van der Waals surface area contributed by atoms with Crippen LogP contribution in [0.2, 0.25) is 0 Å². The van der Waals surface area contributed by atoms with E-state index in [9.17, 15) is 9.90 Å². The van der Waals surface area contributed by atoms with Gasteiger partial charge in [-0.05, 0) is 29.5 Å². The van der Waals surface area contributed by atoms with E-state index in [1.807, 2.05) is 36.4 Å². The van der Waals surface area contributed by atoms with Crippen molar-refractivity contribution in [3.8, 4) is 5.75 Å². The highest BCUT2D eigenvalue weighted by atomic mass is 16.3. The smallest absolute Gasteiger partial charge is 0.255 e. The van der Waals surface area contributed by atoms with Crippen LogP contribution in [-0.4, -0.2) is 22.5 Å². The van der Waals surface area contributed by atoms with E-state index in [2.05, 4.69) is 10.3 Å². The van der Waals surface area contributed by atoms with Gasteiger partial charge in [0, 0.05) is 24.3 Å². The number of amides is 1. The Kier molecular flexibility index (Phi) is 4.01. The van der Waals surface area contributed by atoms with E-state index in [0.29, 0.717) is 23.9 Å². The molecule has 0 saturated heterocycles. The van der Waals surface area contributed by atoms with Crippen molar-refractivity contribution in [2.45, 2.75) is 6.42 Å². The molecule has 0 bridgehead atoms. The third-order valence-corrected chi connectivity index (χ3v) is 3.57. The minimum Gasteiger partial charge on any atom is -0.506 e. The second-order valence-corrected chi connectivity index (χ2v) is 5.05. The van der Waals surface area contributed by atoms with Crippen molar-refractivity contribution in [1.82, 2.24) is 10.3 Å². The number of carbonyl (C=O) groups excluding carboxylic acids is 1. The second-order valence-electron chi connectivity index (χ2n) is 5.05. The molecule has 1 heterocycles. The summed E-state index contributed by atoms with van der Waals surface area (Å²) in [5.41, 5.74) is 1.36. The van der Waals surface area contributed by atoms with Gasteiger partial charge in [0.2, 0.25) is 0 Å². The fourth-order valence-corrected chi connectivity index (χ4v) is 2.40. The quantitative estimate of drug-likeness (QED) is 0.777. The van der Waals surface area contributed by atoms with E-state index in [4.69, 9.17) is 0 Å². The maximum atomic E-state index is 12.2. The fourth-order valence-electron chi connectivity index (χ4n) is 2.40. The second kappa shape index (κ2) is 6.26. The van der Waals surface area contributed by atoms with Gasteiger partial charge >= 0.3 is 0 Å².